The molecule has 2 rings (SSSR count). The zero-order chi connectivity index (χ0) is 13.7. The maximum absolute atomic E-state index is 12.0. The standard InChI is InChI=1S/C16H22BrNO/c1-12-5-4-6-13(11-12)9-10-16(19)18-15-8-3-2-7-14(15)17/h4-6,11,14-15H,2-3,7-10H2,1H3,(H,18,19). The molecule has 0 bridgehead atoms. The van der Waals surface area contributed by atoms with E-state index in [1.54, 1.807) is 0 Å². The third-order valence-electron chi connectivity index (χ3n) is 3.75. The molecule has 1 aromatic rings. The van der Waals surface area contributed by atoms with Gasteiger partial charge < -0.3 is 5.32 Å². The Morgan fingerprint density at radius 2 is 2.16 bits per heavy atom. The van der Waals surface area contributed by atoms with Gasteiger partial charge in [0.05, 0.1) is 0 Å². The van der Waals surface area contributed by atoms with Crippen LogP contribution >= 0.6 is 15.9 Å². The molecule has 1 saturated carbocycles. The summed E-state index contributed by atoms with van der Waals surface area (Å²) in [6, 6.07) is 8.70. The Bertz CT molecular complexity index is 433. The number of rotatable bonds is 4. The summed E-state index contributed by atoms with van der Waals surface area (Å²) in [7, 11) is 0. The van der Waals surface area contributed by atoms with E-state index in [4.69, 9.17) is 0 Å². The van der Waals surface area contributed by atoms with E-state index in [1.807, 2.05) is 0 Å². The number of aryl methyl sites for hydroxylation is 2. The summed E-state index contributed by atoms with van der Waals surface area (Å²) in [5.74, 6) is 0.179. The van der Waals surface area contributed by atoms with Crippen LogP contribution in [-0.4, -0.2) is 16.8 Å². The molecule has 0 radical (unpaired) electrons. The summed E-state index contributed by atoms with van der Waals surface area (Å²) in [5.41, 5.74) is 2.50. The molecule has 0 spiro atoms. The van der Waals surface area contributed by atoms with Gasteiger partial charge in [-0.25, -0.2) is 0 Å². The van der Waals surface area contributed by atoms with Gasteiger partial charge >= 0.3 is 0 Å². The first-order valence-electron chi connectivity index (χ1n) is 7.14. The molecule has 104 valence electrons. The molecule has 1 aliphatic rings. The molecule has 19 heavy (non-hydrogen) atoms. The number of amides is 1. The summed E-state index contributed by atoms with van der Waals surface area (Å²) in [5, 5.41) is 3.17. The van der Waals surface area contributed by atoms with Crippen LogP contribution in [0.5, 0.6) is 0 Å². The minimum atomic E-state index is 0.179. The van der Waals surface area contributed by atoms with E-state index in [-0.39, 0.29) is 5.91 Å². The lowest BCUT2D eigenvalue weighted by atomic mass is 9.95. The number of carbonyl (C=O) groups excluding carboxylic acids is 1. The molecular weight excluding hydrogens is 302 g/mol. The van der Waals surface area contributed by atoms with Gasteiger partial charge in [0.25, 0.3) is 0 Å². The van der Waals surface area contributed by atoms with Crippen LogP contribution in [0, 0.1) is 6.92 Å². The zero-order valence-corrected chi connectivity index (χ0v) is 13.1. The molecule has 3 heteroatoms. The molecule has 2 unspecified atom stereocenters. The second-order valence-electron chi connectivity index (χ2n) is 5.46. The van der Waals surface area contributed by atoms with Crippen LogP contribution in [0.4, 0.5) is 0 Å². The average Bonchev–Trinajstić information content (AvgIpc) is 2.39. The van der Waals surface area contributed by atoms with Gasteiger partial charge in [-0.15, -0.1) is 0 Å². The number of hydrogen-bond acceptors (Lipinski definition) is 1. The zero-order valence-electron chi connectivity index (χ0n) is 11.5. The van der Waals surface area contributed by atoms with Crippen molar-refractivity contribution in [1.82, 2.24) is 5.32 Å². The minimum absolute atomic E-state index is 0.179. The average molecular weight is 324 g/mol. The lowest BCUT2D eigenvalue weighted by Crippen LogP contribution is -2.42. The molecule has 1 aliphatic carbocycles. The highest BCUT2D eigenvalue weighted by atomic mass is 79.9. The Morgan fingerprint density at radius 3 is 2.89 bits per heavy atom. The summed E-state index contributed by atoms with van der Waals surface area (Å²) in [6.07, 6.45) is 6.18. The number of alkyl halides is 1. The summed E-state index contributed by atoms with van der Waals surface area (Å²) in [6.45, 7) is 2.08. The Hall–Kier alpha value is -0.830. The first-order valence-corrected chi connectivity index (χ1v) is 8.05. The van der Waals surface area contributed by atoms with E-state index in [2.05, 4.69) is 52.4 Å². The van der Waals surface area contributed by atoms with Crippen molar-refractivity contribution < 1.29 is 4.79 Å². The number of nitrogens with one attached hydrogen (secondary N) is 1. The molecular formula is C16H22BrNO. The monoisotopic (exact) mass is 323 g/mol. The van der Waals surface area contributed by atoms with Gasteiger partial charge in [0, 0.05) is 17.3 Å². The van der Waals surface area contributed by atoms with Crippen molar-refractivity contribution in [2.75, 3.05) is 0 Å². The van der Waals surface area contributed by atoms with Crippen molar-refractivity contribution in [3.63, 3.8) is 0 Å². The van der Waals surface area contributed by atoms with E-state index < -0.39 is 0 Å². The van der Waals surface area contributed by atoms with Crippen LogP contribution in [0.15, 0.2) is 24.3 Å². The fourth-order valence-electron chi connectivity index (χ4n) is 2.65. The first kappa shape index (κ1) is 14.6. The Morgan fingerprint density at radius 1 is 1.37 bits per heavy atom. The van der Waals surface area contributed by atoms with E-state index in [9.17, 15) is 4.79 Å². The molecule has 0 saturated heterocycles. The predicted molar refractivity (Wildman–Crippen MR) is 82.6 cm³/mol. The fourth-order valence-corrected chi connectivity index (χ4v) is 3.37. The van der Waals surface area contributed by atoms with Crippen molar-refractivity contribution in [2.45, 2.75) is 56.3 Å². The largest absolute Gasteiger partial charge is 0.352 e. The highest BCUT2D eigenvalue weighted by Crippen LogP contribution is 2.24. The molecule has 1 aromatic carbocycles. The smallest absolute Gasteiger partial charge is 0.220 e. The maximum atomic E-state index is 12.0. The van der Waals surface area contributed by atoms with Crippen LogP contribution in [0.3, 0.4) is 0 Å². The molecule has 1 N–H and O–H groups in total. The summed E-state index contributed by atoms with van der Waals surface area (Å²) < 4.78 is 0. The van der Waals surface area contributed by atoms with Crippen molar-refractivity contribution in [1.29, 1.82) is 0 Å². The quantitative estimate of drug-likeness (QED) is 0.840. The van der Waals surface area contributed by atoms with Crippen molar-refractivity contribution in [3.8, 4) is 0 Å². The minimum Gasteiger partial charge on any atom is -0.352 e. The van der Waals surface area contributed by atoms with Gasteiger partial charge in [-0.05, 0) is 31.7 Å². The summed E-state index contributed by atoms with van der Waals surface area (Å²) >= 11 is 3.67. The van der Waals surface area contributed by atoms with E-state index in [0.717, 1.165) is 12.8 Å². The van der Waals surface area contributed by atoms with Gasteiger partial charge in [0.2, 0.25) is 5.91 Å². The molecule has 1 fully saturated rings. The second-order valence-corrected chi connectivity index (χ2v) is 6.64. The van der Waals surface area contributed by atoms with Crippen LogP contribution in [0.25, 0.3) is 0 Å². The Kier molecular flexibility index (Phi) is 5.44. The normalized spacial score (nSPS) is 23.1. The molecule has 0 aliphatic heterocycles. The molecule has 0 aromatic heterocycles. The van der Waals surface area contributed by atoms with E-state index >= 15 is 0 Å². The first-order chi connectivity index (χ1) is 9.15. The van der Waals surface area contributed by atoms with E-state index in [0.29, 0.717) is 17.3 Å². The highest BCUT2D eigenvalue weighted by Gasteiger charge is 2.23. The third-order valence-corrected chi connectivity index (χ3v) is 4.85. The highest BCUT2D eigenvalue weighted by molar-refractivity contribution is 9.09. The predicted octanol–water partition coefficient (Wildman–Crippen LogP) is 3.75. The molecule has 2 atom stereocenters. The lowest BCUT2D eigenvalue weighted by Gasteiger charge is -2.28. The van der Waals surface area contributed by atoms with Crippen LogP contribution in [-0.2, 0) is 11.2 Å². The maximum Gasteiger partial charge on any atom is 0.220 e. The van der Waals surface area contributed by atoms with Gasteiger partial charge in [-0.3, -0.25) is 4.79 Å². The molecule has 2 nitrogen and oxygen atoms in total. The van der Waals surface area contributed by atoms with Gasteiger partial charge in [0.1, 0.15) is 0 Å². The third kappa shape index (κ3) is 4.64. The summed E-state index contributed by atoms with van der Waals surface area (Å²) in [4.78, 5) is 12.4. The van der Waals surface area contributed by atoms with Crippen LogP contribution in [0.2, 0.25) is 0 Å². The van der Waals surface area contributed by atoms with Crippen LogP contribution in [0.1, 0.15) is 43.2 Å². The Labute approximate surface area is 124 Å². The number of hydrogen-bond donors (Lipinski definition) is 1. The SMILES string of the molecule is Cc1cccc(CCC(=O)NC2CCCCC2Br)c1. The Balaban J connectivity index is 1.78. The number of carbonyl (C=O) groups is 1. The molecule has 1 amide bonds. The van der Waals surface area contributed by atoms with Crippen molar-refractivity contribution in [3.05, 3.63) is 35.4 Å². The van der Waals surface area contributed by atoms with Gasteiger partial charge in [0.15, 0.2) is 0 Å². The number of benzene rings is 1. The lowest BCUT2D eigenvalue weighted by molar-refractivity contribution is -0.121. The second kappa shape index (κ2) is 7.09. The van der Waals surface area contributed by atoms with Gasteiger partial charge in [-0.1, -0.05) is 58.6 Å². The van der Waals surface area contributed by atoms with Crippen molar-refractivity contribution >= 4 is 21.8 Å². The topological polar surface area (TPSA) is 29.1 Å². The van der Waals surface area contributed by atoms with Crippen LogP contribution < -0.4 is 5.32 Å². The van der Waals surface area contributed by atoms with Crippen molar-refractivity contribution in [2.24, 2.45) is 0 Å². The fraction of sp³-hybridized carbons (Fsp3) is 0.562. The molecule has 0 heterocycles. The van der Waals surface area contributed by atoms with E-state index in [1.165, 1.54) is 30.4 Å². The number of halogens is 1. The van der Waals surface area contributed by atoms with Gasteiger partial charge in [-0.2, -0.15) is 0 Å².